The Morgan fingerprint density at radius 2 is 1.24 bits per heavy atom. The molecule has 0 aromatic heterocycles. The molecule has 0 radical (unpaired) electrons. The van der Waals surface area contributed by atoms with E-state index in [9.17, 15) is 9.59 Å². The molecule has 1 aromatic rings. The molecule has 0 spiro atoms. The number of hydrogen-bond donors (Lipinski definition) is 0. The van der Waals surface area contributed by atoms with Crippen LogP contribution in [0, 0.1) is 0 Å². The maximum absolute atomic E-state index is 12.2. The van der Waals surface area contributed by atoms with Crippen LogP contribution in [0.1, 0.15) is 119 Å². The summed E-state index contributed by atoms with van der Waals surface area (Å²) in [7, 11) is 0. The molecule has 0 saturated heterocycles. The molecule has 0 bridgehead atoms. The van der Waals surface area contributed by atoms with E-state index in [4.69, 9.17) is 9.47 Å². The van der Waals surface area contributed by atoms with E-state index in [1.54, 1.807) is 32.0 Å². The average Bonchev–Trinajstić information content (AvgIpc) is 2.71. The number of esters is 2. The fourth-order valence-electron chi connectivity index (χ4n) is 3.25. The Morgan fingerprint density at radius 1 is 0.759 bits per heavy atom. The Hall–Kier alpha value is -1.84. The zero-order valence-corrected chi connectivity index (χ0v) is 18.7. The summed E-state index contributed by atoms with van der Waals surface area (Å²) in [6, 6.07) is 6.52. The molecule has 0 fully saturated rings. The minimum Gasteiger partial charge on any atom is -0.462 e. The van der Waals surface area contributed by atoms with Crippen molar-refractivity contribution in [3.8, 4) is 0 Å². The van der Waals surface area contributed by atoms with Crippen LogP contribution < -0.4 is 0 Å². The molecule has 0 unspecified atom stereocenters. The number of rotatable bonds is 16. The molecule has 1 aromatic carbocycles. The van der Waals surface area contributed by atoms with Crippen molar-refractivity contribution in [1.29, 1.82) is 0 Å². The molecule has 0 saturated carbocycles. The number of hydrogen-bond acceptors (Lipinski definition) is 4. The van der Waals surface area contributed by atoms with Crippen LogP contribution in [0.3, 0.4) is 0 Å². The lowest BCUT2D eigenvalue weighted by Crippen LogP contribution is -2.13. The van der Waals surface area contributed by atoms with E-state index in [0.29, 0.717) is 17.7 Å². The summed E-state index contributed by atoms with van der Waals surface area (Å²) in [5.41, 5.74) is 0.764. The first-order chi connectivity index (χ1) is 14.0. The SMILES string of the molecule is CCCCCCCCCCCCCCOC(=O)c1cccc(C(=O)OC(C)C)c1. The number of unbranched alkanes of at least 4 members (excludes halogenated alkanes) is 11. The van der Waals surface area contributed by atoms with Crippen molar-refractivity contribution in [2.45, 2.75) is 104 Å². The topological polar surface area (TPSA) is 52.6 Å². The van der Waals surface area contributed by atoms with Crippen molar-refractivity contribution in [3.05, 3.63) is 35.4 Å². The summed E-state index contributed by atoms with van der Waals surface area (Å²) in [4.78, 5) is 24.1. The predicted molar refractivity (Wildman–Crippen MR) is 118 cm³/mol. The molecule has 1 rings (SSSR count). The second kappa shape index (κ2) is 16.0. The van der Waals surface area contributed by atoms with Gasteiger partial charge in [-0.15, -0.1) is 0 Å². The van der Waals surface area contributed by atoms with Crippen molar-refractivity contribution in [2.24, 2.45) is 0 Å². The highest BCUT2D eigenvalue weighted by atomic mass is 16.5. The zero-order chi connectivity index (χ0) is 21.3. The van der Waals surface area contributed by atoms with Gasteiger partial charge in [0, 0.05) is 0 Å². The lowest BCUT2D eigenvalue weighted by molar-refractivity contribution is 0.0378. The molecular formula is C25H40O4. The smallest absolute Gasteiger partial charge is 0.338 e. The maximum atomic E-state index is 12.2. The molecule has 0 aliphatic heterocycles. The van der Waals surface area contributed by atoms with Crippen LogP contribution in [0.2, 0.25) is 0 Å². The number of ether oxygens (including phenoxy) is 2. The largest absolute Gasteiger partial charge is 0.462 e. The van der Waals surface area contributed by atoms with E-state index >= 15 is 0 Å². The van der Waals surface area contributed by atoms with Crippen molar-refractivity contribution in [2.75, 3.05) is 6.61 Å². The van der Waals surface area contributed by atoms with Gasteiger partial charge in [0.05, 0.1) is 23.8 Å². The van der Waals surface area contributed by atoms with Gasteiger partial charge in [-0.1, -0.05) is 83.6 Å². The molecule has 0 heterocycles. The third-order valence-corrected chi connectivity index (χ3v) is 4.91. The maximum Gasteiger partial charge on any atom is 0.338 e. The zero-order valence-electron chi connectivity index (χ0n) is 18.7. The van der Waals surface area contributed by atoms with E-state index in [1.165, 1.54) is 70.3 Å². The first-order valence-corrected chi connectivity index (χ1v) is 11.5. The van der Waals surface area contributed by atoms with Gasteiger partial charge in [0.25, 0.3) is 0 Å². The lowest BCUT2D eigenvalue weighted by atomic mass is 10.1. The molecular weight excluding hydrogens is 364 g/mol. The van der Waals surface area contributed by atoms with Gasteiger partial charge < -0.3 is 9.47 Å². The molecule has 0 amide bonds. The Labute approximate surface area is 177 Å². The average molecular weight is 405 g/mol. The fraction of sp³-hybridized carbons (Fsp3) is 0.680. The van der Waals surface area contributed by atoms with Gasteiger partial charge >= 0.3 is 11.9 Å². The highest BCUT2D eigenvalue weighted by Crippen LogP contribution is 2.13. The predicted octanol–water partition coefficient (Wildman–Crippen LogP) is 7.11. The fourth-order valence-corrected chi connectivity index (χ4v) is 3.25. The quantitative estimate of drug-likeness (QED) is 0.218. The summed E-state index contributed by atoms with van der Waals surface area (Å²) in [6.07, 6.45) is 15.1. The third kappa shape index (κ3) is 12.4. The van der Waals surface area contributed by atoms with Crippen molar-refractivity contribution >= 4 is 11.9 Å². The van der Waals surface area contributed by atoms with Gasteiger partial charge in [-0.3, -0.25) is 0 Å². The Kier molecular flexibility index (Phi) is 13.9. The number of carbonyl (C=O) groups excluding carboxylic acids is 2. The monoisotopic (exact) mass is 404 g/mol. The minimum absolute atomic E-state index is 0.191. The van der Waals surface area contributed by atoms with Gasteiger partial charge in [-0.25, -0.2) is 9.59 Å². The normalized spacial score (nSPS) is 10.9. The van der Waals surface area contributed by atoms with Crippen molar-refractivity contribution in [1.82, 2.24) is 0 Å². The van der Waals surface area contributed by atoms with E-state index in [1.807, 2.05) is 0 Å². The molecule has 0 atom stereocenters. The summed E-state index contributed by atoms with van der Waals surface area (Å²) >= 11 is 0. The summed E-state index contributed by atoms with van der Waals surface area (Å²) < 4.78 is 10.5. The highest BCUT2D eigenvalue weighted by Gasteiger charge is 2.13. The second-order valence-electron chi connectivity index (χ2n) is 8.06. The Balaban J connectivity index is 2.09. The van der Waals surface area contributed by atoms with Crippen LogP contribution in [-0.4, -0.2) is 24.6 Å². The van der Waals surface area contributed by atoms with E-state index < -0.39 is 5.97 Å². The molecule has 0 aliphatic rings. The van der Waals surface area contributed by atoms with E-state index in [-0.39, 0.29) is 12.1 Å². The summed E-state index contributed by atoms with van der Waals surface area (Å²) in [6.45, 7) is 6.27. The first kappa shape index (κ1) is 25.2. The van der Waals surface area contributed by atoms with Crippen LogP contribution in [0.5, 0.6) is 0 Å². The first-order valence-electron chi connectivity index (χ1n) is 11.5. The Bertz CT molecular complexity index is 580. The van der Waals surface area contributed by atoms with Gasteiger partial charge in [0.2, 0.25) is 0 Å². The summed E-state index contributed by atoms with van der Waals surface area (Å²) in [5, 5.41) is 0. The van der Waals surface area contributed by atoms with Crippen LogP contribution >= 0.6 is 0 Å². The van der Waals surface area contributed by atoms with Gasteiger partial charge in [0.15, 0.2) is 0 Å². The van der Waals surface area contributed by atoms with Crippen LogP contribution in [0.25, 0.3) is 0 Å². The number of carbonyl (C=O) groups is 2. The molecule has 4 heteroatoms. The van der Waals surface area contributed by atoms with Gasteiger partial charge in [0.1, 0.15) is 0 Å². The minimum atomic E-state index is -0.421. The highest BCUT2D eigenvalue weighted by molar-refractivity contribution is 5.95. The molecule has 4 nitrogen and oxygen atoms in total. The van der Waals surface area contributed by atoms with Crippen LogP contribution in [-0.2, 0) is 9.47 Å². The second-order valence-corrected chi connectivity index (χ2v) is 8.06. The molecule has 0 N–H and O–H groups in total. The number of benzene rings is 1. The standard InChI is InChI=1S/C25H40O4/c1-4-5-6-7-8-9-10-11-12-13-14-15-19-28-24(26)22-17-16-18-23(20-22)25(27)29-21(2)3/h16-18,20-21H,4-15,19H2,1-3H3. The van der Waals surface area contributed by atoms with E-state index in [2.05, 4.69) is 6.92 Å². The molecule has 29 heavy (non-hydrogen) atoms. The van der Waals surface area contributed by atoms with Crippen molar-refractivity contribution in [3.63, 3.8) is 0 Å². The van der Waals surface area contributed by atoms with E-state index in [0.717, 1.165) is 12.8 Å². The third-order valence-electron chi connectivity index (χ3n) is 4.91. The van der Waals surface area contributed by atoms with Crippen LogP contribution in [0.4, 0.5) is 0 Å². The van der Waals surface area contributed by atoms with Crippen LogP contribution in [0.15, 0.2) is 24.3 Å². The van der Waals surface area contributed by atoms with Gasteiger partial charge in [-0.2, -0.15) is 0 Å². The lowest BCUT2D eigenvalue weighted by Gasteiger charge is -2.09. The summed E-state index contributed by atoms with van der Waals surface area (Å²) in [5.74, 6) is -0.803. The Morgan fingerprint density at radius 3 is 1.76 bits per heavy atom. The van der Waals surface area contributed by atoms with Crippen molar-refractivity contribution < 1.29 is 19.1 Å². The molecule has 164 valence electrons. The van der Waals surface area contributed by atoms with Gasteiger partial charge in [-0.05, 0) is 38.5 Å². The molecule has 0 aliphatic carbocycles.